The Hall–Kier alpha value is -0.633. The van der Waals surface area contributed by atoms with Crippen molar-refractivity contribution in [3.8, 4) is 0 Å². The van der Waals surface area contributed by atoms with Crippen molar-refractivity contribution >= 4 is 14.9 Å². The smallest absolute Gasteiger partial charge is 0.465 e. The molecule has 1 unspecified atom stereocenters. The van der Waals surface area contributed by atoms with Crippen LogP contribution in [0, 0.1) is 0 Å². The van der Waals surface area contributed by atoms with Gasteiger partial charge in [-0.15, -0.1) is 0 Å². The van der Waals surface area contributed by atoms with E-state index in [0.29, 0.717) is 26.4 Å². The number of carboxylic acid groups (broad SMARTS) is 1. The van der Waals surface area contributed by atoms with Gasteiger partial charge >= 0.3 is 14.9 Å². The molecule has 0 aromatic rings. The molecule has 0 aliphatic rings. The molecular formula is C12H27NO5Si. The Morgan fingerprint density at radius 3 is 1.79 bits per heavy atom. The number of hydrogen-bond acceptors (Lipinski definition) is 4. The van der Waals surface area contributed by atoms with Crippen LogP contribution in [0.15, 0.2) is 0 Å². The second-order valence-corrected chi connectivity index (χ2v) is 6.96. The van der Waals surface area contributed by atoms with Gasteiger partial charge in [-0.2, -0.15) is 0 Å². The number of carbonyl (C=O) groups is 1. The molecule has 0 fully saturated rings. The Labute approximate surface area is 117 Å². The third-order valence-corrected chi connectivity index (χ3v) is 6.13. The Morgan fingerprint density at radius 2 is 1.53 bits per heavy atom. The highest BCUT2D eigenvalue weighted by Crippen LogP contribution is 2.20. The predicted octanol–water partition coefficient (Wildman–Crippen LogP) is 2.35. The van der Waals surface area contributed by atoms with Gasteiger partial charge in [0.15, 0.2) is 0 Å². The molecule has 0 aliphatic heterocycles. The molecule has 1 N–H and O–H groups in total. The first kappa shape index (κ1) is 18.4. The molecule has 0 saturated carbocycles. The fraction of sp³-hybridized carbons (Fsp3) is 0.917. The van der Waals surface area contributed by atoms with Gasteiger partial charge in [-0.3, -0.25) is 0 Å². The molecule has 0 saturated heterocycles. The van der Waals surface area contributed by atoms with Gasteiger partial charge in [0.1, 0.15) is 5.67 Å². The summed E-state index contributed by atoms with van der Waals surface area (Å²) in [4.78, 5) is 12.7. The van der Waals surface area contributed by atoms with Crippen LogP contribution in [-0.4, -0.2) is 56.9 Å². The van der Waals surface area contributed by atoms with Crippen LogP contribution in [0.25, 0.3) is 0 Å². The lowest BCUT2D eigenvalue weighted by molar-refractivity contribution is 0.0383. The van der Waals surface area contributed by atoms with Crippen LogP contribution in [0.5, 0.6) is 0 Å². The van der Waals surface area contributed by atoms with Crippen molar-refractivity contribution in [3.05, 3.63) is 0 Å². The maximum atomic E-state index is 11.4. The molecule has 0 aliphatic carbocycles. The summed E-state index contributed by atoms with van der Waals surface area (Å²) in [5.41, 5.74) is -0.412. The van der Waals surface area contributed by atoms with Gasteiger partial charge in [0.2, 0.25) is 0 Å². The van der Waals surface area contributed by atoms with Crippen molar-refractivity contribution in [2.24, 2.45) is 0 Å². The number of rotatable bonds is 10. The first-order valence-corrected chi connectivity index (χ1v) is 8.70. The molecule has 0 spiro atoms. The minimum absolute atomic E-state index is 0.412. The van der Waals surface area contributed by atoms with Crippen molar-refractivity contribution < 1.29 is 23.2 Å². The number of amides is 1. The van der Waals surface area contributed by atoms with Crippen molar-refractivity contribution in [3.63, 3.8) is 0 Å². The number of hydrogen-bond donors (Lipinski definition) is 1. The third-order valence-electron chi connectivity index (χ3n) is 2.73. The van der Waals surface area contributed by atoms with Gasteiger partial charge < -0.3 is 23.3 Å². The lowest BCUT2D eigenvalue weighted by Crippen LogP contribution is -2.62. The van der Waals surface area contributed by atoms with Crippen LogP contribution >= 0.6 is 0 Å². The van der Waals surface area contributed by atoms with Gasteiger partial charge in [0, 0.05) is 26.4 Å². The molecule has 0 aromatic heterocycles. The Morgan fingerprint density at radius 1 is 1.11 bits per heavy atom. The Balaban J connectivity index is 5.21. The average Bonchev–Trinajstić information content (AvgIpc) is 2.35. The summed E-state index contributed by atoms with van der Waals surface area (Å²) in [6.07, 6.45) is -0.226. The lowest BCUT2D eigenvalue weighted by Gasteiger charge is -2.38. The standard InChI is InChI=1S/C12H27NO5Si/c1-6-10-13(12(14)15)11(5)19(16-7-2,17-8-3)18-9-4/h11H,6-10H2,1-5H3,(H,14,15). The quantitative estimate of drug-likeness (QED) is 0.626. The van der Waals surface area contributed by atoms with E-state index >= 15 is 0 Å². The van der Waals surface area contributed by atoms with Gasteiger partial charge in [-0.05, 0) is 34.1 Å². The van der Waals surface area contributed by atoms with Gasteiger partial charge in [-0.25, -0.2) is 4.79 Å². The van der Waals surface area contributed by atoms with Gasteiger partial charge in [0.05, 0.1) is 0 Å². The zero-order chi connectivity index (χ0) is 14.9. The summed E-state index contributed by atoms with van der Waals surface area (Å²) in [5, 5.41) is 9.32. The third kappa shape index (κ3) is 5.10. The first-order valence-electron chi connectivity index (χ1n) is 6.90. The molecule has 0 radical (unpaired) electrons. The molecule has 0 aromatic carbocycles. The summed E-state index contributed by atoms with van der Waals surface area (Å²) in [7, 11) is -3.02. The minimum Gasteiger partial charge on any atom is -0.465 e. The van der Waals surface area contributed by atoms with E-state index in [0.717, 1.165) is 6.42 Å². The SMILES string of the molecule is CCCN(C(=O)O)C(C)[Si](OCC)(OCC)OCC. The van der Waals surface area contributed by atoms with Crippen LogP contribution in [0.1, 0.15) is 41.0 Å². The monoisotopic (exact) mass is 293 g/mol. The maximum absolute atomic E-state index is 11.4. The van der Waals surface area contributed by atoms with E-state index in [1.807, 2.05) is 27.7 Å². The van der Waals surface area contributed by atoms with Gasteiger partial charge in [0.25, 0.3) is 0 Å². The first-order chi connectivity index (χ1) is 8.98. The minimum atomic E-state index is -3.02. The summed E-state index contributed by atoms with van der Waals surface area (Å²) in [6, 6.07) is 0. The topological polar surface area (TPSA) is 68.2 Å². The van der Waals surface area contributed by atoms with E-state index in [-0.39, 0.29) is 0 Å². The highest BCUT2D eigenvalue weighted by Gasteiger charge is 2.50. The molecule has 7 heteroatoms. The molecular weight excluding hydrogens is 266 g/mol. The molecule has 19 heavy (non-hydrogen) atoms. The van der Waals surface area contributed by atoms with Gasteiger partial charge in [-0.1, -0.05) is 6.92 Å². The number of nitrogens with zero attached hydrogens (tertiary/aromatic N) is 1. The van der Waals surface area contributed by atoms with E-state index < -0.39 is 20.6 Å². The molecule has 114 valence electrons. The fourth-order valence-electron chi connectivity index (χ4n) is 1.98. The summed E-state index contributed by atoms with van der Waals surface area (Å²) < 4.78 is 17.2. The van der Waals surface area contributed by atoms with Crippen molar-refractivity contribution in [1.29, 1.82) is 0 Å². The molecule has 1 amide bonds. The van der Waals surface area contributed by atoms with Crippen molar-refractivity contribution in [1.82, 2.24) is 4.90 Å². The van der Waals surface area contributed by atoms with Crippen LogP contribution in [0.3, 0.4) is 0 Å². The lowest BCUT2D eigenvalue weighted by atomic mass is 10.4. The molecule has 0 heterocycles. The van der Waals surface area contributed by atoms with Crippen LogP contribution in [0.4, 0.5) is 4.79 Å². The van der Waals surface area contributed by atoms with Crippen molar-refractivity contribution in [2.45, 2.75) is 46.7 Å². The second-order valence-electron chi connectivity index (χ2n) is 4.05. The summed E-state index contributed by atoms with van der Waals surface area (Å²) in [6.45, 7) is 11.1. The fourth-order valence-corrected chi connectivity index (χ4v) is 4.78. The Kier molecular flexibility index (Phi) is 8.99. The Bertz CT molecular complexity index is 247. The average molecular weight is 293 g/mol. The molecule has 6 nitrogen and oxygen atoms in total. The summed E-state index contributed by atoms with van der Waals surface area (Å²) in [5.74, 6) is 0. The molecule has 0 rings (SSSR count). The maximum Gasteiger partial charge on any atom is 0.524 e. The normalized spacial score (nSPS) is 13.3. The van der Waals surface area contributed by atoms with Crippen LogP contribution in [0.2, 0.25) is 0 Å². The van der Waals surface area contributed by atoms with E-state index in [2.05, 4.69) is 0 Å². The molecule has 1 atom stereocenters. The van der Waals surface area contributed by atoms with E-state index in [1.54, 1.807) is 6.92 Å². The summed E-state index contributed by atoms with van der Waals surface area (Å²) >= 11 is 0. The highest BCUT2D eigenvalue weighted by molar-refractivity contribution is 6.62. The predicted molar refractivity (Wildman–Crippen MR) is 75.1 cm³/mol. The largest absolute Gasteiger partial charge is 0.524 e. The van der Waals surface area contributed by atoms with E-state index in [1.165, 1.54) is 4.90 Å². The zero-order valence-electron chi connectivity index (χ0n) is 12.6. The second kappa shape index (κ2) is 9.30. The van der Waals surface area contributed by atoms with Crippen LogP contribution in [-0.2, 0) is 13.3 Å². The highest BCUT2D eigenvalue weighted by atomic mass is 28.4. The zero-order valence-corrected chi connectivity index (χ0v) is 13.6. The molecule has 0 bridgehead atoms. The van der Waals surface area contributed by atoms with Crippen LogP contribution < -0.4 is 0 Å². The van der Waals surface area contributed by atoms with Crippen molar-refractivity contribution in [2.75, 3.05) is 26.4 Å². The van der Waals surface area contributed by atoms with E-state index in [4.69, 9.17) is 13.3 Å². The van der Waals surface area contributed by atoms with E-state index in [9.17, 15) is 9.90 Å².